The van der Waals surface area contributed by atoms with Crippen LogP contribution < -0.4 is 10.2 Å². The van der Waals surface area contributed by atoms with Crippen molar-refractivity contribution in [1.29, 1.82) is 0 Å². The zero-order chi connectivity index (χ0) is 24.6. The van der Waals surface area contributed by atoms with Crippen LogP contribution in [0.2, 0.25) is 0 Å². The number of piperidine rings is 1. The molecule has 0 saturated carbocycles. The maximum atomic E-state index is 12.4. The molecule has 2 N–H and O–H groups in total. The average molecular weight is 481 g/mol. The molecule has 0 spiro atoms. The number of benzene rings is 2. The number of hydrogen-bond acceptors (Lipinski definition) is 7. The van der Waals surface area contributed by atoms with Gasteiger partial charge in [-0.1, -0.05) is 6.42 Å². The van der Waals surface area contributed by atoms with Crippen LogP contribution in [0, 0.1) is 0 Å². The molecule has 7 nitrogen and oxygen atoms in total. The number of fused-ring (bicyclic) bond motifs is 1. The predicted octanol–water partition coefficient (Wildman–Crippen LogP) is 4.84. The summed E-state index contributed by atoms with van der Waals surface area (Å²) >= 11 is 0. The lowest BCUT2D eigenvalue weighted by molar-refractivity contribution is 0.210. The lowest BCUT2D eigenvalue weighted by atomic mass is 10.1. The van der Waals surface area contributed by atoms with Crippen molar-refractivity contribution in [3.63, 3.8) is 0 Å². The lowest BCUT2D eigenvalue weighted by Crippen LogP contribution is -2.32. The van der Waals surface area contributed by atoms with Gasteiger partial charge in [0.05, 0.1) is 12.0 Å². The summed E-state index contributed by atoms with van der Waals surface area (Å²) in [6, 6.07) is 11.4. The Morgan fingerprint density at radius 1 is 0.971 bits per heavy atom. The summed E-state index contributed by atoms with van der Waals surface area (Å²) in [4.78, 5) is 17.4. The minimum atomic E-state index is -0.436. The van der Waals surface area contributed by atoms with Crippen molar-refractivity contribution in [3.05, 3.63) is 52.7 Å². The fourth-order valence-corrected chi connectivity index (χ4v) is 4.58. The van der Waals surface area contributed by atoms with E-state index in [-0.39, 0.29) is 22.1 Å². The first-order chi connectivity index (χ1) is 17.0. The number of ether oxygens (including phenoxy) is 1. The van der Waals surface area contributed by atoms with Crippen LogP contribution in [0.15, 0.2) is 51.7 Å². The Balaban J connectivity index is 1.20. The van der Waals surface area contributed by atoms with Gasteiger partial charge in [0.25, 0.3) is 0 Å². The van der Waals surface area contributed by atoms with Crippen molar-refractivity contribution >= 4 is 11.0 Å². The van der Waals surface area contributed by atoms with Gasteiger partial charge < -0.3 is 29.2 Å². The van der Waals surface area contributed by atoms with Gasteiger partial charge in [-0.2, -0.15) is 0 Å². The van der Waals surface area contributed by atoms with E-state index in [1.165, 1.54) is 63.5 Å². The average Bonchev–Trinajstić information content (AvgIpc) is 2.87. The van der Waals surface area contributed by atoms with E-state index >= 15 is 0 Å². The van der Waals surface area contributed by atoms with Crippen LogP contribution in [0.4, 0.5) is 0 Å². The maximum Gasteiger partial charge on any atom is 0.201 e. The van der Waals surface area contributed by atoms with Crippen molar-refractivity contribution < 1.29 is 19.4 Å². The summed E-state index contributed by atoms with van der Waals surface area (Å²) in [7, 11) is 2.20. The minimum absolute atomic E-state index is 0.0238. The van der Waals surface area contributed by atoms with E-state index in [1.807, 2.05) is 24.3 Å². The zero-order valence-electron chi connectivity index (χ0n) is 20.5. The molecular weight excluding hydrogens is 444 g/mol. The highest BCUT2D eigenvalue weighted by Crippen LogP contribution is 2.34. The van der Waals surface area contributed by atoms with E-state index < -0.39 is 5.75 Å². The third kappa shape index (κ3) is 6.77. The Bertz CT molecular complexity index is 1150. The molecule has 3 aromatic rings. The van der Waals surface area contributed by atoms with E-state index in [1.54, 1.807) is 0 Å². The minimum Gasteiger partial charge on any atom is -0.504 e. The SMILES string of the molecule is CN(CCCCOc1ccc(-c2cc(=O)c3ccc(O)c(O)c3o2)cc1)CCCN1CCCCC1. The van der Waals surface area contributed by atoms with Crippen LogP contribution in [-0.2, 0) is 0 Å². The number of hydrogen-bond donors (Lipinski definition) is 2. The van der Waals surface area contributed by atoms with Gasteiger partial charge in [-0.25, -0.2) is 0 Å². The molecule has 0 atom stereocenters. The number of phenols is 2. The van der Waals surface area contributed by atoms with Gasteiger partial charge in [0, 0.05) is 11.6 Å². The first kappa shape index (κ1) is 25.1. The molecule has 1 aromatic heterocycles. The summed E-state index contributed by atoms with van der Waals surface area (Å²) in [5, 5.41) is 20.0. The third-order valence-corrected chi connectivity index (χ3v) is 6.65. The topological polar surface area (TPSA) is 86.4 Å². The highest BCUT2D eigenvalue weighted by molar-refractivity contribution is 5.86. The van der Waals surface area contributed by atoms with Gasteiger partial charge in [0.15, 0.2) is 16.8 Å². The Hall–Kier alpha value is -3.03. The van der Waals surface area contributed by atoms with Crippen LogP contribution in [0.1, 0.15) is 38.5 Å². The highest BCUT2D eigenvalue weighted by atomic mass is 16.5. The Labute approximate surface area is 206 Å². The standard InChI is InChI=1S/C28H36N2O5/c1-29(15-7-18-30-16-3-2-4-17-30)14-5-6-19-34-22-10-8-21(9-11-22)26-20-25(32)23-12-13-24(31)27(33)28(23)35-26/h8-13,20,31,33H,2-7,14-19H2,1H3. The van der Waals surface area contributed by atoms with Crippen molar-refractivity contribution in [2.24, 2.45) is 0 Å². The Morgan fingerprint density at radius 3 is 2.49 bits per heavy atom. The molecule has 0 bridgehead atoms. The molecule has 2 heterocycles. The van der Waals surface area contributed by atoms with Crippen molar-refractivity contribution in [1.82, 2.24) is 9.80 Å². The molecule has 2 aromatic carbocycles. The molecule has 0 amide bonds. The first-order valence-corrected chi connectivity index (χ1v) is 12.6. The monoisotopic (exact) mass is 480 g/mol. The largest absolute Gasteiger partial charge is 0.504 e. The second kappa shape index (κ2) is 12.1. The fraction of sp³-hybridized carbons (Fsp3) is 0.464. The van der Waals surface area contributed by atoms with Crippen LogP contribution >= 0.6 is 0 Å². The van der Waals surface area contributed by atoms with Crippen LogP contribution in [0.25, 0.3) is 22.3 Å². The molecule has 1 aliphatic rings. The highest BCUT2D eigenvalue weighted by Gasteiger charge is 2.13. The van der Waals surface area contributed by atoms with Crippen LogP contribution in [0.3, 0.4) is 0 Å². The second-order valence-corrected chi connectivity index (χ2v) is 9.42. The van der Waals surface area contributed by atoms with Crippen LogP contribution in [0.5, 0.6) is 17.2 Å². The second-order valence-electron chi connectivity index (χ2n) is 9.42. The van der Waals surface area contributed by atoms with E-state index in [4.69, 9.17) is 9.15 Å². The van der Waals surface area contributed by atoms with Crippen LogP contribution in [-0.4, -0.2) is 66.4 Å². The molecule has 1 aliphatic heterocycles. The Kier molecular flexibility index (Phi) is 8.66. The molecule has 1 saturated heterocycles. The van der Waals surface area contributed by atoms with E-state index in [0.717, 1.165) is 31.7 Å². The first-order valence-electron chi connectivity index (χ1n) is 12.6. The number of rotatable bonds is 11. The summed E-state index contributed by atoms with van der Waals surface area (Å²) in [6.07, 6.45) is 7.42. The van der Waals surface area contributed by atoms with Gasteiger partial charge >= 0.3 is 0 Å². The molecular formula is C28H36N2O5. The molecule has 0 radical (unpaired) electrons. The number of unbranched alkanes of at least 4 members (excludes halogenated alkanes) is 1. The summed E-state index contributed by atoms with van der Waals surface area (Å²) < 4.78 is 11.6. The summed E-state index contributed by atoms with van der Waals surface area (Å²) in [5.74, 6) is 0.310. The van der Waals surface area contributed by atoms with E-state index in [9.17, 15) is 15.0 Å². The van der Waals surface area contributed by atoms with Crippen molar-refractivity contribution in [2.75, 3.05) is 46.4 Å². The molecule has 7 heteroatoms. The lowest BCUT2D eigenvalue weighted by Gasteiger charge is -2.27. The van der Waals surface area contributed by atoms with Gasteiger partial charge in [-0.15, -0.1) is 0 Å². The third-order valence-electron chi connectivity index (χ3n) is 6.65. The van der Waals surface area contributed by atoms with Crippen molar-refractivity contribution in [3.8, 4) is 28.6 Å². The van der Waals surface area contributed by atoms with Gasteiger partial charge in [-0.3, -0.25) is 4.79 Å². The van der Waals surface area contributed by atoms with E-state index in [2.05, 4.69) is 16.8 Å². The number of aromatic hydroxyl groups is 2. The predicted molar refractivity (Wildman–Crippen MR) is 138 cm³/mol. The quantitative estimate of drug-likeness (QED) is 0.300. The van der Waals surface area contributed by atoms with Gasteiger partial charge in [0.2, 0.25) is 5.75 Å². The molecule has 35 heavy (non-hydrogen) atoms. The zero-order valence-corrected chi connectivity index (χ0v) is 20.5. The molecule has 4 rings (SSSR count). The molecule has 188 valence electrons. The summed E-state index contributed by atoms with van der Waals surface area (Å²) in [5.41, 5.74) is 0.378. The maximum absolute atomic E-state index is 12.4. The number of nitrogens with zero attached hydrogens (tertiary/aromatic N) is 2. The summed E-state index contributed by atoms with van der Waals surface area (Å²) in [6.45, 7) is 6.63. The van der Waals surface area contributed by atoms with E-state index in [0.29, 0.717) is 17.9 Å². The molecule has 0 unspecified atom stereocenters. The normalized spacial score (nSPS) is 14.6. The fourth-order valence-electron chi connectivity index (χ4n) is 4.58. The smallest absolute Gasteiger partial charge is 0.201 e. The van der Waals surface area contributed by atoms with Gasteiger partial charge in [-0.05, 0) is 108 Å². The van der Waals surface area contributed by atoms with Gasteiger partial charge in [0.1, 0.15) is 11.5 Å². The Morgan fingerprint density at radius 2 is 1.71 bits per heavy atom. The number of phenolic OH excluding ortho intramolecular Hbond substituents is 2. The molecule has 1 fully saturated rings. The van der Waals surface area contributed by atoms with Crippen molar-refractivity contribution in [2.45, 2.75) is 38.5 Å². The number of likely N-dealkylation sites (tertiary alicyclic amines) is 1. The molecule has 0 aliphatic carbocycles.